The average Bonchev–Trinajstić information content (AvgIpc) is 2.87. The Balaban J connectivity index is 1.80. The molecule has 0 radical (unpaired) electrons. The number of ether oxygens (including phenoxy) is 1. The van der Waals surface area contributed by atoms with Crippen LogP contribution in [0.2, 0.25) is 0 Å². The van der Waals surface area contributed by atoms with Crippen LogP contribution in [0.15, 0.2) is 24.3 Å². The zero-order valence-electron chi connectivity index (χ0n) is 13.2. The molecule has 0 aromatic heterocycles. The summed E-state index contributed by atoms with van der Waals surface area (Å²) in [5, 5.41) is 10.1. The standard InChI is InChI=1S/C18H27NO2/c1-3-14-6-4-5-7-15(14)13-19-11-10-18(21-2)9-8-16(20)12-17(18)19/h4-7,16-17,20H,3,8-13H2,1-2H3/t16-,17-,18+/m0/s1. The molecule has 1 aromatic carbocycles. The minimum absolute atomic E-state index is 0.0274. The highest BCUT2D eigenvalue weighted by molar-refractivity contribution is 5.27. The number of nitrogens with zero attached hydrogens (tertiary/aromatic N) is 1. The normalized spacial score (nSPS) is 33.1. The average molecular weight is 289 g/mol. The van der Waals surface area contributed by atoms with Gasteiger partial charge in [0.1, 0.15) is 0 Å². The van der Waals surface area contributed by atoms with Crippen LogP contribution in [0.3, 0.4) is 0 Å². The summed E-state index contributed by atoms with van der Waals surface area (Å²) in [7, 11) is 1.84. The number of hydrogen-bond acceptors (Lipinski definition) is 3. The molecule has 1 saturated heterocycles. The number of aliphatic hydroxyl groups is 1. The van der Waals surface area contributed by atoms with Gasteiger partial charge in [0, 0.05) is 26.2 Å². The molecule has 1 heterocycles. The highest BCUT2D eigenvalue weighted by Gasteiger charge is 2.50. The Kier molecular flexibility index (Phi) is 4.34. The van der Waals surface area contributed by atoms with Crippen molar-refractivity contribution >= 4 is 0 Å². The lowest BCUT2D eigenvalue weighted by atomic mass is 9.79. The predicted octanol–water partition coefficient (Wildman–Crippen LogP) is 2.75. The third kappa shape index (κ3) is 2.75. The van der Waals surface area contributed by atoms with Crippen molar-refractivity contribution in [2.24, 2.45) is 0 Å². The van der Waals surface area contributed by atoms with Crippen molar-refractivity contribution in [2.75, 3.05) is 13.7 Å². The first-order valence-electron chi connectivity index (χ1n) is 8.22. The molecule has 2 fully saturated rings. The van der Waals surface area contributed by atoms with E-state index in [1.807, 2.05) is 7.11 Å². The van der Waals surface area contributed by atoms with E-state index in [2.05, 4.69) is 36.1 Å². The van der Waals surface area contributed by atoms with Gasteiger partial charge >= 0.3 is 0 Å². The first kappa shape index (κ1) is 15.0. The highest BCUT2D eigenvalue weighted by Crippen LogP contribution is 2.43. The van der Waals surface area contributed by atoms with E-state index in [-0.39, 0.29) is 11.7 Å². The predicted molar refractivity (Wildman–Crippen MR) is 84.2 cm³/mol. The van der Waals surface area contributed by atoms with E-state index in [9.17, 15) is 5.11 Å². The molecule has 3 nitrogen and oxygen atoms in total. The van der Waals surface area contributed by atoms with Crippen LogP contribution < -0.4 is 0 Å². The molecule has 1 aliphatic heterocycles. The molecule has 2 aliphatic rings. The largest absolute Gasteiger partial charge is 0.393 e. The molecule has 3 rings (SSSR count). The number of rotatable bonds is 4. The summed E-state index contributed by atoms with van der Waals surface area (Å²) < 4.78 is 5.92. The van der Waals surface area contributed by atoms with Crippen molar-refractivity contribution in [2.45, 2.75) is 63.3 Å². The Morgan fingerprint density at radius 1 is 1.29 bits per heavy atom. The summed E-state index contributed by atoms with van der Waals surface area (Å²) in [6, 6.07) is 9.08. The van der Waals surface area contributed by atoms with Gasteiger partial charge in [0.25, 0.3) is 0 Å². The first-order valence-corrected chi connectivity index (χ1v) is 8.22. The number of benzene rings is 1. The van der Waals surface area contributed by atoms with Gasteiger partial charge < -0.3 is 9.84 Å². The molecule has 21 heavy (non-hydrogen) atoms. The van der Waals surface area contributed by atoms with E-state index in [4.69, 9.17) is 4.74 Å². The van der Waals surface area contributed by atoms with Crippen LogP contribution in [0.5, 0.6) is 0 Å². The zero-order valence-corrected chi connectivity index (χ0v) is 13.2. The molecule has 0 bridgehead atoms. The number of hydrogen-bond donors (Lipinski definition) is 1. The van der Waals surface area contributed by atoms with E-state index in [1.165, 1.54) is 11.1 Å². The lowest BCUT2D eigenvalue weighted by Gasteiger charge is -2.42. The van der Waals surface area contributed by atoms with Crippen molar-refractivity contribution in [3.8, 4) is 0 Å². The molecule has 1 aromatic rings. The fourth-order valence-electron chi connectivity index (χ4n) is 4.23. The lowest BCUT2D eigenvalue weighted by Crippen LogP contribution is -2.51. The lowest BCUT2D eigenvalue weighted by molar-refractivity contribution is -0.0879. The second-order valence-electron chi connectivity index (χ2n) is 6.56. The maximum atomic E-state index is 10.1. The minimum Gasteiger partial charge on any atom is -0.393 e. The van der Waals surface area contributed by atoms with Crippen molar-refractivity contribution in [1.29, 1.82) is 0 Å². The van der Waals surface area contributed by atoms with Gasteiger partial charge in [-0.1, -0.05) is 31.2 Å². The van der Waals surface area contributed by atoms with Gasteiger partial charge in [0.15, 0.2) is 0 Å². The molecule has 0 unspecified atom stereocenters. The first-order chi connectivity index (χ1) is 10.2. The van der Waals surface area contributed by atoms with Crippen LogP contribution >= 0.6 is 0 Å². The fraction of sp³-hybridized carbons (Fsp3) is 0.667. The van der Waals surface area contributed by atoms with Crippen LogP contribution in [0.1, 0.15) is 43.7 Å². The Hall–Kier alpha value is -0.900. The number of likely N-dealkylation sites (tertiary alicyclic amines) is 1. The van der Waals surface area contributed by atoms with E-state index in [0.29, 0.717) is 6.04 Å². The SMILES string of the molecule is CCc1ccccc1CN1CC[C@]2(OC)CC[C@H](O)C[C@H]12. The highest BCUT2D eigenvalue weighted by atomic mass is 16.5. The Labute approximate surface area is 127 Å². The summed E-state index contributed by atoms with van der Waals surface area (Å²) in [6.45, 7) is 4.27. The van der Waals surface area contributed by atoms with Gasteiger partial charge in [-0.05, 0) is 43.2 Å². The van der Waals surface area contributed by atoms with E-state index in [1.54, 1.807) is 0 Å². The quantitative estimate of drug-likeness (QED) is 0.925. The number of aliphatic hydroxyl groups excluding tert-OH is 1. The third-order valence-electron chi connectivity index (χ3n) is 5.55. The minimum atomic E-state index is -0.166. The van der Waals surface area contributed by atoms with Crippen molar-refractivity contribution in [1.82, 2.24) is 4.90 Å². The fourth-order valence-corrected chi connectivity index (χ4v) is 4.23. The molecule has 1 aliphatic carbocycles. The van der Waals surface area contributed by atoms with Gasteiger partial charge in [-0.3, -0.25) is 4.90 Å². The second kappa shape index (κ2) is 6.07. The van der Waals surface area contributed by atoms with E-state index >= 15 is 0 Å². The number of fused-ring (bicyclic) bond motifs is 1. The summed E-state index contributed by atoms with van der Waals surface area (Å²) >= 11 is 0. The molecule has 1 N–H and O–H groups in total. The van der Waals surface area contributed by atoms with Gasteiger partial charge in [0.05, 0.1) is 11.7 Å². The van der Waals surface area contributed by atoms with Crippen LogP contribution in [0.4, 0.5) is 0 Å². The molecule has 3 heteroatoms. The van der Waals surface area contributed by atoms with Crippen molar-refractivity contribution in [3.05, 3.63) is 35.4 Å². The smallest absolute Gasteiger partial charge is 0.0847 e. The number of methoxy groups -OCH3 is 1. The van der Waals surface area contributed by atoms with Crippen molar-refractivity contribution < 1.29 is 9.84 Å². The van der Waals surface area contributed by atoms with Crippen LogP contribution in [-0.4, -0.2) is 41.4 Å². The Morgan fingerprint density at radius 2 is 2.05 bits per heavy atom. The second-order valence-corrected chi connectivity index (χ2v) is 6.56. The van der Waals surface area contributed by atoms with Crippen LogP contribution in [0, 0.1) is 0 Å². The van der Waals surface area contributed by atoms with Gasteiger partial charge in [-0.25, -0.2) is 0 Å². The van der Waals surface area contributed by atoms with E-state index in [0.717, 1.165) is 45.2 Å². The van der Waals surface area contributed by atoms with Crippen LogP contribution in [-0.2, 0) is 17.7 Å². The van der Waals surface area contributed by atoms with E-state index < -0.39 is 0 Å². The molecule has 1 saturated carbocycles. The Morgan fingerprint density at radius 3 is 2.76 bits per heavy atom. The Bertz CT molecular complexity index is 490. The molecular formula is C18H27NO2. The molecule has 116 valence electrons. The number of aryl methyl sites for hydroxylation is 1. The topological polar surface area (TPSA) is 32.7 Å². The molecule has 0 amide bonds. The third-order valence-corrected chi connectivity index (χ3v) is 5.55. The maximum absolute atomic E-state index is 10.1. The zero-order chi connectivity index (χ0) is 14.9. The summed E-state index contributed by atoms with van der Waals surface area (Å²) in [5.74, 6) is 0. The maximum Gasteiger partial charge on any atom is 0.0847 e. The molecule has 0 spiro atoms. The van der Waals surface area contributed by atoms with Gasteiger partial charge in [-0.15, -0.1) is 0 Å². The summed E-state index contributed by atoms with van der Waals surface area (Å²) in [6.07, 6.45) is 4.72. The van der Waals surface area contributed by atoms with Gasteiger partial charge in [0.2, 0.25) is 0 Å². The summed E-state index contributed by atoms with van der Waals surface area (Å²) in [5.41, 5.74) is 2.83. The molecule has 3 atom stereocenters. The van der Waals surface area contributed by atoms with Gasteiger partial charge in [-0.2, -0.15) is 0 Å². The summed E-state index contributed by atoms with van der Waals surface area (Å²) in [4.78, 5) is 2.53. The van der Waals surface area contributed by atoms with Crippen molar-refractivity contribution in [3.63, 3.8) is 0 Å². The van der Waals surface area contributed by atoms with Crippen LogP contribution in [0.25, 0.3) is 0 Å². The molecular weight excluding hydrogens is 262 g/mol. The monoisotopic (exact) mass is 289 g/mol.